The van der Waals surface area contributed by atoms with Crippen molar-refractivity contribution >= 4 is 17.7 Å². The normalized spacial score (nSPS) is 11.8. The molecule has 156 valence electrons. The number of hydrogen-bond acceptors (Lipinski definition) is 4. The minimum Gasteiger partial charge on any atom is -0.350 e. The lowest BCUT2D eigenvalue weighted by molar-refractivity contribution is 0.0939. The molecule has 1 heterocycles. The van der Waals surface area contributed by atoms with Crippen LogP contribution >= 0.6 is 11.8 Å². The van der Waals surface area contributed by atoms with Crippen LogP contribution in [0.2, 0.25) is 0 Å². The lowest BCUT2D eigenvalue weighted by Crippen LogP contribution is -2.31. The summed E-state index contributed by atoms with van der Waals surface area (Å²) in [5.41, 5.74) is 2.96. The average molecular weight is 421 g/mol. The maximum atomic E-state index is 12.4. The van der Waals surface area contributed by atoms with Crippen LogP contribution < -0.4 is 5.32 Å². The molecule has 0 aliphatic carbocycles. The number of carbonyl (C=O) groups excluding carboxylic acids is 1. The second-order valence-electron chi connectivity index (χ2n) is 7.23. The first kappa shape index (κ1) is 21.8. The van der Waals surface area contributed by atoms with Crippen LogP contribution in [-0.4, -0.2) is 26.7 Å². The maximum Gasteiger partial charge on any atom is 0.251 e. The van der Waals surface area contributed by atoms with E-state index in [4.69, 9.17) is 0 Å². The fourth-order valence-electron chi connectivity index (χ4n) is 3.01. The summed E-state index contributed by atoms with van der Waals surface area (Å²) in [6.45, 7) is 8.61. The first-order valence-electron chi connectivity index (χ1n) is 10.2. The van der Waals surface area contributed by atoms with Gasteiger partial charge in [0, 0.05) is 30.3 Å². The minimum atomic E-state index is -0.0313. The molecule has 0 saturated carbocycles. The van der Waals surface area contributed by atoms with Crippen LogP contribution in [0.15, 0.2) is 72.4 Å². The topological polar surface area (TPSA) is 59.8 Å². The van der Waals surface area contributed by atoms with Gasteiger partial charge in [-0.05, 0) is 36.6 Å². The van der Waals surface area contributed by atoms with E-state index in [2.05, 4.69) is 45.7 Å². The third-order valence-electron chi connectivity index (χ3n) is 4.86. The summed E-state index contributed by atoms with van der Waals surface area (Å²) >= 11 is 1.62. The highest BCUT2D eigenvalue weighted by atomic mass is 32.2. The van der Waals surface area contributed by atoms with E-state index in [0.29, 0.717) is 17.9 Å². The molecule has 1 atom stereocenters. The van der Waals surface area contributed by atoms with Crippen molar-refractivity contribution in [2.45, 2.75) is 50.2 Å². The van der Waals surface area contributed by atoms with Crippen molar-refractivity contribution in [3.05, 3.63) is 89.8 Å². The number of hydrogen-bond donors (Lipinski definition) is 1. The van der Waals surface area contributed by atoms with E-state index in [1.54, 1.807) is 11.8 Å². The highest BCUT2D eigenvalue weighted by Crippen LogP contribution is 2.23. The zero-order chi connectivity index (χ0) is 21.3. The summed E-state index contributed by atoms with van der Waals surface area (Å²) in [5, 5.41) is 12.7. The number of rotatable bonds is 10. The van der Waals surface area contributed by atoms with Crippen LogP contribution in [0.3, 0.4) is 0 Å². The van der Waals surface area contributed by atoms with Crippen LogP contribution in [0.4, 0.5) is 0 Å². The van der Waals surface area contributed by atoms with Crippen LogP contribution in [0, 0.1) is 0 Å². The van der Waals surface area contributed by atoms with Gasteiger partial charge >= 0.3 is 0 Å². The average Bonchev–Trinajstić information content (AvgIpc) is 3.14. The summed E-state index contributed by atoms with van der Waals surface area (Å²) < 4.78 is 2.10. The molecule has 6 heteroatoms. The first-order valence-corrected chi connectivity index (χ1v) is 11.2. The molecule has 3 rings (SSSR count). The molecule has 1 aromatic heterocycles. The van der Waals surface area contributed by atoms with Gasteiger partial charge in [0.15, 0.2) is 5.16 Å². The Labute approximate surface area is 182 Å². The van der Waals surface area contributed by atoms with E-state index < -0.39 is 0 Å². The van der Waals surface area contributed by atoms with Gasteiger partial charge in [-0.2, -0.15) is 0 Å². The SMILES string of the molecule is C=CCn1c(Cc2ccccc2)nnc1SCc1cccc(C(=O)NC(C)CC)c1. The Morgan fingerprint density at radius 3 is 2.67 bits per heavy atom. The summed E-state index contributed by atoms with van der Waals surface area (Å²) in [5.74, 6) is 1.60. The second kappa shape index (κ2) is 10.8. The molecular formula is C24H28N4OS. The standard InChI is InChI=1S/C24H28N4OS/c1-4-14-28-22(16-19-10-7-6-8-11-19)26-27-24(28)30-17-20-12-9-13-21(15-20)23(29)25-18(3)5-2/h4,6-13,15,18H,1,5,14,16-17H2,2-3H3,(H,25,29). The number of nitrogens with zero attached hydrogens (tertiary/aromatic N) is 3. The molecule has 0 radical (unpaired) electrons. The van der Waals surface area contributed by atoms with Gasteiger partial charge < -0.3 is 9.88 Å². The molecule has 0 aliphatic heterocycles. The molecule has 1 unspecified atom stereocenters. The second-order valence-corrected chi connectivity index (χ2v) is 8.17. The Balaban J connectivity index is 1.70. The van der Waals surface area contributed by atoms with E-state index in [1.807, 2.05) is 55.5 Å². The van der Waals surface area contributed by atoms with Crippen molar-refractivity contribution in [1.82, 2.24) is 20.1 Å². The zero-order valence-corrected chi connectivity index (χ0v) is 18.4. The largest absolute Gasteiger partial charge is 0.350 e. The Morgan fingerprint density at radius 2 is 1.93 bits per heavy atom. The van der Waals surface area contributed by atoms with Gasteiger partial charge in [0.25, 0.3) is 5.91 Å². The van der Waals surface area contributed by atoms with Crippen molar-refractivity contribution in [2.75, 3.05) is 0 Å². The lowest BCUT2D eigenvalue weighted by atomic mass is 10.1. The molecule has 1 N–H and O–H groups in total. The number of thioether (sulfide) groups is 1. The Morgan fingerprint density at radius 1 is 1.17 bits per heavy atom. The highest BCUT2D eigenvalue weighted by molar-refractivity contribution is 7.98. The van der Waals surface area contributed by atoms with Gasteiger partial charge in [0.2, 0.25) is 0 Å². The molecule has 0 saturated heterocycles. The van der Waals surface area contributed by atoms with E-state index in [1.165, 1.54) is 5.56 Å². The highest BCUT2D eigenvalue weighted by Gasteiger charge is 2.13. The van der Waals surface area contributed by atoms with E-state index in [9.17, 15) is 4.79 Å². The number of benzene rings is 2. The Hall–Kier alpha value is -2.86. The molecule has 0 bridgehead atoms. The molecule has 3 aromatic rings. The lowest BCUT2D eigenvalue weighted by Gasteiger charge is -2.12. The molecule has 5 nitrogen and oxygen atoms in total. The van der Waals surface area contributed by atoms with Gasteiger partial charge in [0.05, 0.1) is 0 Å². The van der Waals surface area contributed by atoms with Crippen molar-refractivity contribution in [1.29, 1.82) is 0 Å². The zero-order valence-electron chi connectivity index (χ0n) is 17.5. The minimum absolute atomic E-state index is 0.0313. The smallest absolute Gasteiger partial charge is 0.251 e. The van der Waals surface area contributed by atoms with Crippen LogP contribution in [-0.2, 0) is 18.7 Å². The number of carbonyl (C=O) groups is 1. The van der Waals surface area contributed by atoms with E-state index in [0.717, 1.165) is 29.4 Å². The van der Waals surface area contributed by atoms with Gasteiger partial charge in [-0.3, -0.25) is 4.79 Å². The third-order valence-corrected chi connectivity index (χ3v) is 5.90. The summed E-state index contributed by atoms with van der Waals surface area (Å²) in [6, 6.07) is 18.2. The molecule has 0 aliphatic rings. The van der Waals surface area contributed by atoms with Gasteiger partial charge in [-0.25, -0.2) is 0 Å². The molecule has 2 aromatic carbocycles. The van der Waals surface area contributed by atoms with Crippen LogP contribution in [0.25, 0.3) is 0 Å². The first-order chi connectivity index (χ1) is 14.6. The van der Waals surface area contributed by atoms with Gasteiger partial charge in [-0.1, -0.05) is 67.2 Å². The van der Waals surface area contributed by atoms with E-state index >= 15 is 0 Å². The predicted molar refractivity (Wildman–Crippen MR) is 123 cm³/mol. The Bertz CT molecular complexity index is 984. The Kier molecular flexibility index (Phi) is 7.85. The fraction of sp³-hybridized carbons (Fsp3) is 0.292. The third kappa shape index (κ3) is 5.83. The molecular weight excluding hydrogens is 392 g/mol. The van der Waals surface area contributed by atoms with Gasteiger partial charge in [0.1, 0.15) is 5.82 Å². The predicted octanol–water partition coefficient (Wildman–Crippen LogP) is 4.88. The number of allylic oxidation sites excluding steroid dienone is 1. The maximum absolute atomic E-state index is 12.4. The summed E-state index contributed by atoms with van der Waals surface area (Å²) in [6.07, 6.45) is 3.50. The van der Waals surface area contributed by atoms with Crippen molar-refractivity contribution in [3.8, 4) is 0 Å². The molecule has 1 amide bonds. The van der Waals surface area contributed by atoms with Gasteiger partial charge in [-0.15, -0.1) is 16.8 Å². The molecule has 0 spiro atoms. The summed E-state index contributed by atoms with van der Waals surface area (Å²) in [7, 11) is 0. The molecule has 0 fully saturated rings. The van der Waals surface area contributed by atoms with E-state index in [-0.39, 0.29) is 11.9 Å². The summed E-state index contributed by atoms with van der Waals surface area (Å²) in [4.78, 5) is 12.4. The van der Waals surface area contributed by atoms with Crippen molar-refractivity contribution in [3.63, 3.8) is 0 Å². The monoisotopic (exact) mass is 420 g/mol. The quantitative estimate of drug-likeness (QED) is 0.375. The van der Waals surface area contributed by atoms with Crippen LogP contribution in [0.1, 0.15) is 47.6 Å². The number of aromatic nitrogens is 3. The van der Waals surface area contributed by atoms with Crippen molar-refractivity contribution < 1.29 is 4.79 Å². The number of nitrogens with one attached hydrogen (secondary N) is 1. The van der Waals surface area contributed by atoms with Crippen molar-refractivity contribution in [2.24, 2.45) is 0 Å². The number of amides is 1. The van der Waals surface area contributed by atoms with Crippen LogP contribution in [0.5, 0.6) is 0 Å². The molecule has 30 heavy (non-hydrogen) atoms. The fourth-order valence-corrected chi connectivity index (χ4v) is 3.92.